The maximum atomic E-state index is 11.9. The van der Waals surface area contributed by atoms with E-state index in [9.17, 15) is 17.4 Å². The minimum absolute atomic E-state index is 0.00140. The number of carboxylic acid groups (broad SMARTS) is 1. The Morgan fingerprint density at radius 1 is 1.53 bits per heavy atom. The van der Waals surface area contributed by atoms with Gasteiger partial charge in [-0.25, -0.2) is 17.9 Å². The van der Waals surface area contributed by atoms with Gasteiger partial charge in [0.25, 0.3) is 0 Å². The van der Waals surface area contributed by atoms with Crippen LogP contribution in [0.5, 0.6) is 0 Å². The van der Waals surface area contributed by atoms with Crippen LogP contribution in [-0.2, 0) is 20.8 Å². The number of rotatable bonds is 7. The molecule has 1 rings (SSSR count). The fourth-order valence-electron chi connectivity index (χ4n) is 1.35. The Kier molecular flexibility index (Phi) is 5.27. The van der Waals surface area contributed by atoms with E-state index >= 15 is 0 Å². The summed E-state index contributed by atoms with van der Waals surface area (Å²) in [5.74, 6) is -1.11. The standard InChI is InChI=1S/C10H15NO6S2/c1-3-18(14)5-4-11-19(15,16)9-6-8(10(12)13)17-7(9)2/h6,11H,3-5H2,1-2H3,(H,12,13). The highest BCUT2D eigenvalue weighted by atomic mass is 32.2. The summed E-state index contributed by atoms with van der Waals surface area (Å²) in [5.41, 5.74) is 0. The van der Waals surface area contributed by atoms with Crippen molar-refractivity contribution in [2.45, 2.75) is 18.7 Å². The van der Waals surface area contributed by atoms with Crippen molar-refractivity contribution in [1.82, 2.24) is 4.72 Å². The number of carbonyl (C=O) groups is 1. The maximum Gasteiger partial charge on any atom is 0.371 e. The molecule has 0 amide bonds. The molecule has 2 N–H and O–H groups in total. The van der Waals surface area contributed by atoms with E-state index in [2.05, 4.69) is 4.72 Å². The van der Waals surface area contributed by atoms with Crippen LogP contribution in [0.15, 0.2) is 15.4 Å². The molecule has 0 radical (unpaired) electrons. The molecule has 1 aromatic rings. The van der Waals surface area contributed by atoms with E-state index in [0.29, 0.717) is 5.75 Å². The summed E-state index contributed by atoms with van der Waals surface area (Å²) in [6, 6.07) is 0.955. The topological polar surface area (TPSA) is 114 Å². The molecule has 0 saturated heterocycles. The van der Waals surface area contributed by atoms with Crippen molar-refractivity contribution in [1.29, 1.82) is 0 Å². The van der Waals surface area contributed by atoms with Crippen LogP contribution in [0.2, 0.25) is 0 Å². The molecule has 1 atom stereocenters. The summed E-state index contributed by atoms with van der Waals surface area (Å²) >= 11 is 0. The Hall–Kier alpha value is -1.19. The second kappa shape index (κ2) is 6.31. The number of sulfonamides is 1. The van der Waals surface area contributed by atoms with Crippen molar-refractivity contribution in [2.75, 3.05) is 18.1 Å². The summed E-state index contributed by atoms with van der Waals surface area (Å²) in [6.07, 6.45) is 0. The van der Waals surface area contributed by atoms with Crippen molar-refractivity contribution in [3.63, 3.8) is 0 Å². The van der Waals surface area contributed by atoms with Crippen LogP contribution in [0, 0.1) is 6.92 Å². The van der Waals surface area contributed by atoms with Crippen molar-refractivity contribution >= 4 is 26.8 Å². The summed E-state index contributed by atoms with van der Waals surface area (Å²) in [5, 5.41) is 8.72. The lowest BCUT2D eigenvalue weighted by Crippen LogP contribution is -2.28. The van der Waals surface area contributed by atoms with Gasteiger partial charge in [-0.3, -0.25) is 4.21 Å². The normalized spacial score (nSPS) is 13.4. The van der Waals surface area contributed by atoms with E-state index in [4.69, 9.17) is 9.52 Å². The second-order valence-electron chi connectivity index (χ2n) is 3.67. The van der Waals surface area contributed by atoms with Crippen LogP contribution >= 0.6 is 0 Å². The van der Waals surface area contributed by atoms with E-state index in [1.165, 1.54) is 6.92 Å². The van der Waals surface area contributed by atoms with Gasteiger partial charge in [0.2, 0.25) is 15.8 Å². The van der Waals surface area contributed by atoms with Crippen molar-refractivity contribution in [3.05, 3.63) is 17.6 Å². The monoisotopic (exact) mass is 309 g/mol. The molecule has 0 aliphatic heterocycles. The number of hydrogen-bond acceptors (Lipinski definition) is 5. The minimum Gasteiger partial charge on any atom is -0.475 e. The molecule has 7 nitrogen and oxygen atoms in total. The number of aromatic carboxylic acids is 1. The number of nitrogens with one attached hydrogen (secondary N) is 1. The Morgan fingerprint density at radius 2 is 2.16 bits per heavy atom. The first-order chi connectivity index (χ1) is 8.77. The third-order valence-electron chi connectivity index (χ3n) is 2.32. The molecular weight excluding hydrogens is 294 g/mol. The molecule has 1 heterocycles. The van der Waals surface area contributed by atoms with Gasteiger partial charge in [0.15, 0.2) is 0 Å². The second-order valence-corrected chi connectivity index (χ2v) is 7.27. The predicted molar refractivity (Wildman–Crippen MR) is 69.1 cm³/mol. The summed E-state index contributed by atoms with van der Waals surface area (Å²) in [6.45, 7) is 3.13. The zero-order valence-electron chi connectivity index (χ0n) is 10.5. The highest BCUT2D eigenvalue weighted by Gasteiger charge is 2.23. The number of aryl methyl sites for hydroxylation is 1. The minimum atomic E-state index is -3.85. The van der Waals surface area contributed by atoms with Crippen LogP contribution in [-0.4, -0.2) is 41.8 Å². The first kappa shape index (κ1) is 15.9. The molecule has 0 spiro atoms. The first-order valence-electron chi connectivity index (χ1n) is 5.46. The largest absolute Gasteiger partial charge is 0.475 e. The van der Waals surface area contributed by atoms with E-state index in [0.717, 1.165) is 6.07 Å². The third kappa shape index (κ3) is 4.15. The summed E-state index contributed by atoms with van der Waals surface area (Å²) in [4.78, 5) is 10.5. The molecule has 108 valence electrons. The molecule has 19 heavy (non-hydrogen) atoms. The van der Waals surface area contributed by atoms with Crippen molar-refractivity contribution in [2.24, 2.45) is 0 Å². The predicted octanol–water partition coefficient (Wildman–Crippen LogP) is 0.333. The van der Waals surface area contributed by atoms with E-state index in [-0.39, 0.29) is 23.0 Å². The lowest BCUT2D eigenvalue weighted by Gasteiger charge is -2.04. The van der Waals surface area contributed by atoms with Gasteiger partial charge in [-0.2, -0.15) is 0 Å². The van der Waals surface area contributed by atoms with Crippen LogP contribution in [0.1, 0.15) is 23.2 Å². The van der Waals surface area contributed by atoms with E-state index < -0.39 is 32.6 Å². The zero-order valence-corrected chi connectivity index (χ0v) is 12.1. The molecule has 0 aliphatic carbocycles. The molecule has 1 unspecified atom stereocenters. The van der Waals surface area contributed by atoms with Gasteiger partial charge in [0.1, 0.15) is 10.7 Å². The summed E-state index contributed by atoms with van der Waals surface area (Å²) in [7, 11) is -4.92. The van der Waals surface area contributed by atoms with E-state index in [1.807, 2.05) is 0 Å². The SMILES string of the molecule is CCS(=O)CCNS(=O)(=O)c1cc(C(=O)O)oc1C. The maximum absolute atomic E-state index is 11.9. The first-order valence-corrected chi connectivity index (χ1v) is 8.43. The van der Waals surface area contributed by atoms with Gasteiger partial charge < -0.3 is 9.52 Å². The van der Waals surface area contributed by atoms with Crippen molar-refractivity contribution in [3.8, 4) is 0 Å². The number of hydrogen-bond donors (Lipinski definition) is 2. The Balaban J connectivity index is 2.83. The van der Waals surface area contributed by atoms with Crippen LogP contribution in [0.25, 0.3) is 0 Å². The summed E-state index contributed by atoms with van der Waals surface area (Å²) < 4.78 is 42.1. The third-order valence-corrected chi connectivity index (χ3v) is 5.19. The van der Waals surface area contributed by atoms with Gasteiger partial charge in [-0.1, -0.05) is 6.92 Å². The van der Waals surface area contributed by atoms with Crippen LogP contribution in [0.3, 0.4) is 0 Å². The van der Waals surface area contributed by atoms with Gasteiger partial charge in [-0.05, 0) is 6.92 Å². The molecule has 1 aromatic heterocycles. The Bertz CT molecular complexity index is 589. The fourth-order valence-corrected chi connectivity index (χ4v) is 3.31. The highest BCUT2D eigenvalue weighted by Crippen LogP contribution is 2.19. The zero-order chi connectivity index (χ0) is 14.6. The Labute approximate surface area is 113 Å². The highest BCUT2D eigenvalue weighted by molar-refractivity contribution is 7.89. The average molecular weight is 309 g/mol. The van der Waals surface area contributed by atoms with Gasteiger partial charge in [-0.15, -0.1) is 0 Å². The quantitative estimate of drug-likeness (QED) is 0.750. The molecule has 9 heteroatoms. The van der Waals surface area contributed by atoms with Crippen molar-refractivity contribution < 1.29 is 26.9 Å². The van der Waals surface area contributed by atoms with Gasteiger partial charge in [0.05, 0.1) is 0 Å². The molecule has 0 bridgehead atoms. The lowest BCUT2D eigenvalue weighted by molar-refractivity contribution is 0.0661. The molecule has 0 saturated carbocycles. The number of carboxylic acids is 1. The molecule has 0 aromatic carbocycles. The fraction of sp³-hybridized carbons (Fsp3) is 0.500. The van der Waals surface area contributed by atoms with Crippen LogP contribution in [0.4, 0.5) is 0 Å². The molecule has 0 aliphatic rings. The van der Waals surface area contributed by atoms with Gasteiger partial charge in [0, 0.05) is 34.9 Å². The molecule has 0 fully saturated rings. The van der Waals surface area contributed by atoms with Crippen LogP contribution < -0.4 is 4.72 Å². The molecular formula is C10H15NO6S2. The van der Waals surface area contributed by atoms with Gasteiger partial charge >= 0.3 is 5.97 Å². The lowest BCUT2D eigenvalue weighted by atomic mass is 10.4. The smallest absolute Gasteiger partial charge is 0.371 e. The Morgan fingerprint density at radius 3 is 2.63 bits per heavy atom. The number of furan rings is 1. The van der Waals surface area contributed by atoms with E-state index in [1.54, 1.807) is 6.92 Å². The average Bonchev–Trinajstić information content (AvgIpc) is 2.71.